The SMILES string of the molecule is CC1CCN(c2ccc(C=O)c(Cl)n2)CC1.CN(C)C.CN(CC1CC1)C(=O)C(c1ccccc1)C(F)(F)F. The molecule has 2 aliphatic rings. The number of likely N-dealkylation sites (N-methyl/N-ethyl adjacent to an activating group) is 1. The number of piperidine rings is 1. The third-order valence-corrected chi connectivity index (χ3v) is 6.71. The smallest absolute Gasteiger partial charge is 0.357 e. The van der Waals surface area contributed by atoms with E-state index < -0.39 is 18.0 Å². The van der Waals surface area contributed by atoms with E-state index in [4.69, 9.17) is 11.6 Å². The molecular formula is C29H40ClF3N4O2. The number of halogens is 4. The van der Waals surface area contributed by atoms with Crippen molar-refractivity contribution in [3.63, 3.8) is 0 Å². The first-order valence-electron chi connectivity index (χ1n) is 13.2. The lowest BCUT2D eigenvalue weighted by molar-refractivity contribution is -0.171. The van der Waals surface area contributed by atoms with E-state index in [0.29, 0.717) is 23.2 Å². The second-order valence-electron chi connectivity index (χ2n) is 10.7. The Balaban J connectivity index is 0.000000243. The van der Waals surface area contributed by atoms with E-state index in [1.807, 2.05) is 32.1 Å². The van der Waals surface area contributed by atoms with E-state index in [9.17, 15) is 22.8 Å². The molecule has 1 aromatic heterocycles. The Morgan fingerprint density at radius 1 is 1.05 bits per heavy atom. The van der Waals surface area contributed by atoms with Gasteiger partial charge < -0.3 is 14.7 Å². The quantitative estimate of drug-likeness (QED) is 0.308. The lowest BCUT2D eigenvalue weighted by Gasteiger charge is -2.31. The number of carbonyl (C=O) groups excluding carboxylic acids is 2. The molecule has 6 nitrogen and oxygen atoms in total. The van der Waals surface area contributed by atoms with Gasteiger partial charge in [-0.3, -0.25) is 9.59 Å². The molecule has 2 fully saturated rings. The molecule has 1 aliphatic carbocycles. The zero-order valence-electron chi connectivity index (χ0n) is 23.4. The summed E-state index contributed by atoms with van der Waals surface area (Å²) in [6, 6.07) is 11.0. The van der Waals surface area contributed by atoms with Crippen molar-refractivity contribution in [3.05, 3.63) is 58.7 Å². The number of anilines is 1. The van der Waals surface area contributed by atoms with Crippen LogP contribution in [0.1, 0.15) is 54.4 Å². The van der Waals surface area contributed by atoms with Gasteiger partial charge in [-0.2, -0.15) is 13.2 Å². The lowest BCUT2D eigenvalue weighted by atomic mass is 9.97. The Bertz CT molecular complexity index is 1040. The van der Waals surface area contributed by atoms with E-state index in [2.05, 4.69) is 16.8 Å². The molecule has 0 N–H and O–H groups in total. The van der Waals surface area contributed by atoms with Crippen molar-refractivity contribution < 1.29 is 22.8 Å². The molecule has 0 spiro atoms. The summed E-state index contributed by atoms with van der Waals surface area (Å²) in [6.07, 6.45) is 0.552. The minimum atomic E-state index is -4.56. The van der Waals surface area contributed by atoms with Crippen molar-refractivity contribution in [1.82, 2.24) is 14.8 Å². The molecule has 216 valence electrons. The highest BCUT2D eigenvalue weighted by atomic mass is 35.5. The minimum Gasteiger partial charge on any atom is -0.357 e. The van der Waals surface area contributed by atoms with Gasteiger partial charge in [0, 0.05) is 26.7 Å². The predicted molar refractivity (Wildman–Crippen MR) is 150 cm³/mol. The average molecular weight is 569 g/mol. The van der Waals surface area contributed by atoms with Gasteiger partial charge in [-0.15, -0.1) is 0 Å². The number of amides is 1. The average Bonchev–Trinajstić information content (AvgIpc) is 3.68. The monoisotopic (exact) mass is 568 g/mol. The van der Waals surface area contributed by atoms with Gasteiger partial charge in [0.05, 0.1) is 5.56 Å². The Morgan fingerprint density at radius 2 is 1.62 bits per heavy atom. The van der Waals surface area contributed by atoms with Crippen molar-refractivity contribution in [1.29, 1.82) is 0 Å². The van der Waals surface area contributed by atoms with Crippen LogP contribution in [0, 0.1) is 11.8 Å². The molecule has 4 rings (SSSR count). The van der Waals surface area contributed by atoms with E-state index in [1.54, 1.807) is 12.1 Å². The normalized spacial score (nSPS) is 16.4. The van der Waals surface area contributed by atoms with Gasteiger partial charge in [0.15, 0.2) is 12.2 Å². The molecular weight excluding hydrogens is 529 g/mol. The molecule has 0 bridgehead atoms. The van der Waals surface area contributed by atoms with E-state index in [1.165, 1.54) is 49.1 Å². The van der Waals surface area contributed by atoms with Crippen LogP contribution in [-0.4, -0.2) is 81.0 Å². The Kier molecular flexibility index (Phi) is 12.7. The zero-order valence-corrected chi connectivity index (χ0v) is 24.2. The largest absolute Gasteiger partial charge is 0.404 e. The van der Waals surface area contributed by atoms with Crippen LogP contribution in [0.4, 0.5) is 19.0 Å². The highest BCUT2D eigenvalue weighted by Gasteiger charge is 2.47. The van der Waals surface area contributed by atoms with Gasteiger partial charge in [-0.1, -0.05) is 48.9 Å². The molecule has 1 saturated heterocycles. The van der Waals surface area contributed by atoms with Gasteiger partial charge in [0.25, 0.3) is 0 Å². The number of benzene rings is 1. The number of carbonyl (C=O) groups is 2. The van der Waals surface area contributed by atoms with E-state index in [0.717, 1.165) is 44.0 Å². The Labute approximate surface area is 235 Å². The molecule has 1 atom stereocenters. The molecule has 39 heavy (non-hydrogen) atoms. The maximum atomic E-state index is 13.1. The second kappa shape index (κ2) is 15.2. The molecule has 1 saturated carbocycles. The summed E-state index contributed by atoms with van der Waals surface area (Å²) in [5, 5.41) is 0.297. The van der Waals surface area contributed by atoms with Crippen molar-refractivity contribution in [2.45, 2.75) is 44.7 Å². The summed E-state index contributed by atoms with van der Waals surface area (Å²) >= 11 is 5.91. The van der Waals surface area contributed by atoms with E-state index >= 15 is 0 Å². The summed E-state index contributed by atoms with van der Waals surface area (Å²) in [6.45, 7) is 4.72. The number of aldehydes is 1. The molecule has 2 heterocycles. The lowest BCUT2D eigenvalue weighted by Crippen LogP contribution is -2.39. The number of pyridine rings is 1. The maximum absolute atomic E-state index is 13.1. The third-order valence-electron chi connectivity index (χ3n) is 6.41. The van der Waals surface area contributed by atoms with Crippen LogP contribution in [0.15, 0.2) is 42.5 Å². The van der Waals surface area contributed by atoms with Gasteiger partial charge >= 0.3 is 6.18 Å². The van der Waals surface area contributed by atoms with Crippen molar-refractivity contribution in [3.8, 4) is 0 Å². The molecule has 10 heteroatoms. The van der Waals surface area contributed by atoms with Crippen molar-refractivity contribution >= 4 is 29.6 Å². The first-order valence-corrected chi connectivity index (χ1v) is 13.6. The van der Waals surface area contributed by atoms with Crippen LogP contribution >= 0.6 is 11.6 Å². The summed E-state index contributed by atoms with van der Waals surface area (Å²) in [7, 11) is 7.45. The van der Waals surface area contributed by atoms with Crippen molar-refractivity contribution in [2.75, 3.05) is 52.7 Å². The van der Waals surface area contributed by atoms with Gasteiger partial charge in [-0.25, -0.2) is 4.98 Å². The highest BCUT2D eigenvalue weighted by molar-refractivity contribution is 6.31. The Hall–Kier alpha value is -2.65. The van der Waals surface area contributed by atoms with Crippen LogP contribution in [0.25, 0.3) is 0 Å². The second-order valence-corrected chi connectivity index (χ2v) is 11.1. The molecule has 0 radical (unpaired) electrons. The van der Waals surface area contributed by atoms with Crippen LogP contribution < -0.4 is 4.90 Å². The highest BCUT2D eigenvalue weighted by Crippen LogP contribution is 2.37. The van der Waals surface area contributed by atoms with E-state index in [-0.39, 0.29) is 5.56 Å². The molecule has 1 unspecified atom stereocenters. The standard InChI is InChI=1S/C14H16F3NO.C12H15ClN2O.C3H9N/c1-18(9-10-7-8-10)13(19)12(14(15,16)17)11-5-3-2-4-6-11;1-9-4-6-15(7-5-9)11-3-2-10(8-16)12(13)14-11;1-4(2)3/h2-6,10,12H,7-9H2,1H3;2-3,8-9H,4-7H2,1H3;1-3H3. The van der Waals surface area contributed by atoms with Crippen LogP contribution in [0.2, 0.25) is 5.15 Å². The zero-order chi connectivity index (χ0) is 29.2. The fourth-order valence-electron chi connectivity index (χ4n) is 4.05. The fourth-order valence-corrected chi connectivity index (χ4v) is 4.25. The summed E-state index contributed by atoms with van der Waals surface area (Å²) < 4.78 is 39.4. The van der Waals surface area contributed by atoms with Crippen LogP contribution in [0.3, 0.4) is 0 Å². The van der Waals surface area contributed by atoms with Crippen LogP contribution in [0.5, 0.6) is 0 Å². The molecule has 1 aromatic carbocycles. The first-order chi connectivity index (χ1) is 18.3. The number of hydrogen-bond donors (Lipinski definition) is 0. The number of rotatable bonds is 6. The fraction of sp³-hybridized carbons (Fsp3) is 0.552. The predicted octanol–water partition coefficient (Wildman–Crippen LogP) is 6.16. The molecule has 1 aliphatic heterocycles. The van der Waals surface area contributed by atoms with Gasteiger partial charge in [-0.05, 0) is 76.4 Å². The number of nitrogens with zero attached hydrogens (tertiary/aromatic N) is 4. The molecule has 2 aromatic rings. The first kappa shape index (κ1) is 32.6. The van der Waals surface area contributed by atoms with Crippen LogP contribution in [-0.2, 0) is 4.79 Å². The summed E-state index contributed by atoms with van der Waals surface area (Å²) in [5.74, 6) is -0.884. The third kappa shape index (κ3) is 11.2. The van der Waals surface area contributed by atoms with Gasteiger partial charge in [0.1, 0.15) is 11.0 Å². The molecule has 1 amide bonds. The topological polar surface area (TPSA) is 56.8 Å². The van der Waals surface area contributed by atoms with Crippen molar-refractivity contribution in [2.24, 2.45) is 11.8 Å². The number of hydrogen-bond acceptors (Lipinski definition) is 5. The van der Waals surface area contributed by atoms with Gasteiger partial charge in [0.2, 0.25) is 5.91 Å². The maximum Gasteiger partial charge on any atom is 0.404 e. The minimum absolute atomic E-state index is 0.00245. The Morgan fingerprint density at radius 3 is 2.08 bits per heavy atom. The summed E-state index contributed by atoms with van der Waals surface area (Å²) in [4.78, 5) is 32.4. The number of alkyl halides is 3. The number of aromatic nitrogens is 1. The summed E-state index contributed by atoms with van der Waals surface area (Å²) in [5.41, 5.74) is 0.457.